The largest absolute Gasteiger partial charge is 0.347 e. The maximum atomic E-state index is 12.7. The summed E-state index contributed by atoms with van der Waals surface area (Å²) in [4.78, 5) is 24.2. The van der Waals surface area contributed by atoms with Gasteiger partial charge in [-0.15, -0.1) is 0 Å². The number of aromatic amines is 1. The van der Waals surface area contributed by atoms with Crippen molar-refractivity contribution in [3.63, 3.8) is 0 Å². The number of aromatic nitrogens is 2. The molecule has 0 saturated carbocycles. The van der Waals surface area contributed by atoms with Crippen molar-refractivity contribution in [1.29, 1.82) is 0 Å². The lowest BCUT2D eigenvalue weighted by Crippen LogP contribution is -2.59. The molecular formula is C14H24N4O. The first-order valence-electron chi connectivity index (χ1n) is 6.88. The van der Waals surface area contributed by atoms with Crippen LogP contribution in [0.1, 0.15) is 43.9 Å². The summed E-state index contributed by atoms with van der Waals surface area (Å²) in [6.07, 6.45) is 1.62. The molecule has 0 atom stereocenters. The molecule has 2 rings (SSSR count). The number of nitrogens with zero attached hydrogens (tertiary/aromatic N) is 3. The molecule has 0 aliphatic carbocycles. The van der Waals surface area contributed by atoms with Crippen LogP contribution in [0.15, 0.2) is 6.33 Å². The summed E-state index contributed by atoms with van der Waals surface area (Å²) >= 11 is 0. The van der Waals surface area contributed by atoms with Crippen LogP contribution < -0.4 is 0 Å². The number of likely N-dealkylation sites (tertiary alicyclic amines) is 1. The molecule has 0 bridgehead atoms. The maximum absolute atomic E-state index is 12.7. The highest BCUT2D eigenvalue weighted by Crippen LogP contribution is 2.25. The summed E-state index contributed by atoms with van der Waals surface area (Å²) < 4.78 is 0. The van der Waals surface area contributed by atoms with Crippen molar-refractivity contribution in [2.24, 2.45) is 0 Å². The van der Waals surface area contributed by atoms with E-state index in [1.54, 1.807) is 6.33 Å². The normalized spacial score (nSPS) is 17.3. The van der Waals surface area contributed by atoms with Crippen LogP contribution in [0.2, 0.25) is 0 Å². The van der Waals surface area contributed by atoms with Crippen LogP contribution in [0.25, 0.3) is 0 Å². The Morgan fingerprint density at radius 2 is 2.16 bits per heavy atom. The van der Waals surface area contributed by atoms with Crippen LogP contribution in [0.4, 0.5) is 0 Å². The highest BCUT2D eigenvalue weighted by Gasteiger charge is 2.34. The molecule has 0 aromatic carbocycles. The van der Waals surface area contributed by atoms with E-state index in [1.807, 2.05) is 11.8 Å². The quantitative estimate of drug-likeness (QED) is 0.899. The molecular weight excluding hydrogens is 240 g/mol. The summed E-state index contributed by atoms with van der Waals surface area (Å²) in [5, 5.41) is 0. The van der Waals surface area contributed by atoms with Crippen LogP contribution in [0.3, 0.4) is 0 Å². The SMILES string of the molecule is CCN(C(=O)c1nc[nH]c1C(C)(C)C)C1CN(C)C1. The van der Waals surface area contributed by atoms with Gasteiger partial charge in [-0.25, -0.2) is 4.98 Å². The lowest BCUT2D eigenvalue weighted by atomic mass is 9.90. The Hall–Kier alpha value is -1.36. The number of likely N-dealkylation sites (N-methyl/N-ethyl adjacent to an activating group) is 2. The fourth-order valence-corrected chi connectivity index (χ4v) is 2.59. The number of nitrogens with one attached hydrogen (secondary N) is 1. The minimum absolute atomic E-state index is 0.0479. The third kappa shape index (κ3) is 2.66. The minimum Gasteiger partial charge on any atom is -0.347 e. The topological polar surface area (TPSA) is 52.2 Å². The van der Waals surface area contributed by atoms with Gasteiger partial charge in [0.25, 0.3) is 5.91 Å². The van der Waals surface area contributed by atoms with Crippen molar-refractivity contribution >= 4 is 5.91 Å². The first-order chi connectivity index (χ1) is 8.84. The smallest absolute Gasteiger partial charge is 0.274 e. The Morgan fingerprint density at radius 3 is 2.63 bits per heavy atom. The Morgan fingerprint density at radius 1 is 1.53 bits per heavy atom. The second-order valence-electron chi connectivity index (χ2n) is 6.34. The third-order valence-electron chi connectivity index (χ3n) is 3.68. The predicted molar refractivity (Wildman–Crippen MR) is 75.3 cm³/mol. The van der Waals surface area contributed by atoms with E-state index < -0.39 is 0 Å². The van der Waals surface area contributed by atoms with E-state index in [1.165, 1.54) is 0 Å². The average molecular weight is 264 g/mol. The first-order valence-corrected chi connectivity index (χ1v) is 6.88. The molecule has 5 nitrogen and oxygen atoms in total. The van der Waals surface area contributed by atoms with E-state index in [0.29, 0.717) is 11.7 Å². The average Bonchev–Trinajstić information content (AvgIpc) is 2.75. The molecule has 1 aliphatic rings. The summed E-state index contributed by atoms with van der Waals surface area (Å²) in [5.74, 6) is 0.0479. The number of carbonyl (C=O) groups excluding carboxylic acids is 1. The Balaban J connectivity index is 2.21. The van der Waals surface area contributed by atoms with Crippen molar-refractivity contribution < 1.29 is 4.79 Å². The van der Waals surface area contributed by atoms with E-state index in [4.69, 9.17) is 0 Å². The molecule has 106 valence electrons. The van der Waals surface area contributed by atoms with Gasteiger partial charge in [0.1, 0.15) is 5.69 Å². The number of imidazole rings is 1. The molecule has 0 unspecified atom stereocenters. The van der Waals surface area contributed by atoms with E-state index in [0.717, 1.165) is 25.3 Å². The zero-order chi connectivity index (χ0) is 14.2. The number of H-pyrrole nitrogens is 1. The number of amides is 1. The predicted octanol–water partition coefficient (Wildman–Crippen LogP) is 1.48. The van der Waals surface area contributed by atoms with Gasteiger partial charge in [-0.3, -0.25) is 4.79 Å². The summed E-state index contributed by atoms with van der Waals surface area (Å²) in [6.45, 7) is 10.9. The lowest BCUT2D eigenvalue weighted by molar-refractivity contribution is 0.0378. The molecule has 1 aromatic heterocycles. The molecule has 1 amide bonds. The fourth-order valence-electron chi connectivity index (χ4n) is 2.59. The fraction of sp³-hybridized carbons (Fsp3) is 0.714. The van der Waals surface area contributed by atoms with Gasteiger partial charge in [-0.1, -0.05) is 20.8 Å². The van der Waals surface area contributed by atoms with Crippen molar-refractivity contribution in [1.82, 2.24) is 19.8 Å². The minimum atomic E-state index is -0.0999. The van der Waals surface area contributed by atoms with Gasteiger partial charge in [-0.2, -0.15) is 0 Å². The van der Waals surface area contributed by atoms with Crippen LogP contribution in [0, 0.1) is 0 Å². The molecule has 1 aliphatic heterocycles. The van der Waals surface area contributed by atoms with Crippen molar-refractivity contribution in [2.75, 3.05) is 26.7 Å². The van der Waals surface area contributed by atoms with Gasteiger partial charge in [0.2, 0.25) is 0 Å². The van der Waals surface area contributed by atoms with E-state index in [2.05, 4.69) is 42.7 Å². The van der Waals surface area contributed by atoms with Gasteiger partial charge >= 0.3 is 0 Å². The molecule has 0 radical (unpaired) electrons. The standard InChI is InChI=1S/C14H24N4O/c1-6-18(10-7-17(5)8-10)13(19)11-12(14(2,3)4)16-9-15-11/h9-10H,6-8H2,1-5H3,(H,15,16). The van der Waals surface area contributed by atoms with Crippen LogP contribution >= 0.6 is 0 Å². The monoisotopic (exact) mass is 264 g/mol. The highest BCUT2D eigenvalue weighted by atomic mass is 16.2. The molecule has 1 saturated heterocycles. The van der Waals surface area contributed by atoms with Crippen LogP contribution in [-0.2, 0) is 5.41 Å². The summed E-state index contributed by atoms with van der Waals surface area (Å²) in [7, 11) is 2.07. The summed E-state index contributed by atoms with van der Waals surface area (Å²) in [5.41, 5.74) is 1.39. The van der Waals surface area contributed by atoms with Gasteiger partial charge in [0, 0.05) is 25.0 Å². The maximum Gasteiger partial charge on any atom is 0.274 e. The summed E-state index contributed by atoms with van der Waals surface area (Å²) in [6, 6.07) is 0.326. The van der Waals surface area contributed by atoms with Crippen molar-refractivity contribution in [3.8, 4) is 0 Å². The van der Waals surface area contributed by atoms with E-state index >= 15 is 0 Å². The Kier molecular flexibility index (Phi) is 3.67. The van der Waals surface area contributed by atoms with Gasteiger partial charge in [0.15, 0.2) is 0 Å². The second-order valence-corrected chi connectivity index (χ2v) is 6.34. The lowest BCUT2D eigenvalue weighted by Gasteiger charge is -2.43. The molecule has 2 heterocycles. The van der Waals surface area contributed by atoms with E-state index in [-0.39, 0.29) is 11.3 Å². The number of rotatable bonds is 3. The molecule has 19 heavy (non-hydrogen) atoms. The number of carbonyl (C=O) groups is 1. The Bertz CT molecular complexity index is 454. The molecule has 0 spiro atoms. The molecule has 1 N–H and O–H groups in total. The molecule has 1 aromatic rings. The third-order valence-corrected chi connectivity index (χ3v) is 3.68. The molecule has 5 heteroatoms. The van der Waals surface area contributed by atoms with Gasteiger partial charge in [0.05, 0.1) is 18.1 Å². The van der Waals surface area contributed by atoms with Crippen molar-refractivity contribution in [3.05, 3.63) is 17.7 Å². The second kappa shape index (κ2) is 4.96. The van der Waals surface area contributed by atoms with E-state index in [9.17, 15) is 4.79 Å². The zero-order valence-corrected chi connectivity index (χ0v) is 12.5. The van der Waals surface area contributed by atoms with Gasteiger partial charge < -0.3 is 14.8 Å². The first kappa shape index (κ1) is 14.1. The zero-order valence-electron chi connectivity index (χ0n) is 12.5. The number of hydrogen-bond acceptors (Lipinski definition) is 3. The van der Waals surface area contributed by atoms with Gasteiger partial charge in [-0.05, 0) is 14.0 Å². The highest BCUT2D eigenvalue weighted by molar-refractivity contribution is 5.94. The van der Waals surface area contributed by atoms with Crippen molar-refractivity contribution in [2.45, 2.75) is 39.2 Å². The molecule has 1 fully saturated rings. The van der Waals surface area contributed by atoms with Crippen LogP contribution in [0.5, 0.6) is 0 Å². The Labute approximate surface area is 115 Å². The van der Waals surface area contributed by atoms with Crippen LogP contribution in [-0.4, -0.2) is 58.4 Å². The number of hydrogen-bond donors (Lipinski definition) is 1.